The van der Waals surface area contributed by atoms with Crippen LogP contribution in [0.25, 0.3) is 0 Å². The van der Waals surface area contributed by atoms with Crippen molar-refractivity contribution in [2.24, 2.45) is 0 Å². The van der Waals surface area contributed by atoms with Crippen LogP contribution in [0.5, 0.6) is 0 Å². The molecule has 5 nitrogen and oxygen atoms in total. The summed E-state index contributed by atoms with van der Waals surface area (Å²) in [7, 11) is 3.87. The molecular formula is C10H17N3O2. The lowest BCUT2D eigenvalue weighted by Crippen LogP contribution is -2.49. The molecule has 0 radical (unpaired) electrons. The molecule has 0 bridgehead atoms. The van der Waals surface area contributed by atoms with Gasteiger partial charge in [-0.05, 0) is 14.1 Å². The Morgan fingerprint density at radius 3 is 2.93 bits per heavy atom. The molecule has 0 saturated carbocycles. The first-order valence-corrected chi connectivity index (χ1v) is 4.96. The topological polar surface area (TPSA) is 52.7 Å². The highest BCUT2D eigenvalue weighted by Gasteiger charge is 2.18. The molecule has 0 aromatic heterocycles. The van der Waals surface area contributed by atoms with Crippen molar-refractivity contribution in [2.45, 2.75) is 0 Å². The van der Waals surface area contributed by atoms with Crippen molar-refractivity contribution in [3.63, 3.8) is 0 Å². The number of carbonyl (C=O) groups is 2. The van der Waals surface area contributed by atoms with Crippen LogP contribution in [0, 0.1) is 0 Å². The van der Waals surface area contributed by atoms with Crippen LogP contribution in [0.3, 0.4) is 0 Å². The monoisotopic (exact) mass is 211 g/mol. The van der Waals surface area contributed by atoms with Crippen molar-refractivity contribution >= 4 is 11.8 Å². The lowest BCUT2D eigenvalue weighted by atomic mass is 10.3. The summed E-state index contributed by atoms with van der Waals surface area (Å²) in [4.78, 5) is 26.1. The third-order valence-corrected chi connectivity index (χ3v) is 2.08. The summed E-state index contributed by atoms with van der Waals surface area (Å²) in [6.07, 6.45) is 3.33. The molecule has 2 amide bonds. The summed E-state index contributed by atoms with van der Waals surface area (Å²) in [6.45, 7) is 2.04. The van der Waals surface area contributed by atoms with Gasteiger partial charge in [-0.1, -0.05) is 6.08 Å². The molecule has 1 rings (SSSR count). The molecule has 0 unspecified atom stereocenters. The van der Waals surface area contributed by atoms with Gasteiger partial charge in [-0.2, -0.15) is 0 Å². The van der Waals surface area contributed by atoms with Crippen LogP contribution in [-0.2, 0) is 9.59 Å². The number of carbonyl (C=O) groups excluding carboxylic acids is 2. The molecule has 1 aliphatic rings. The molecule has 15 heavy (non-hydrogen) atoms. The first kappa shape index (κ1) is 11.7. The van der Waals surface area contributed by atoms with Crippen LogP contribution in [0.2, 0.25) is 0 Å². The normalized spacial score (nSPS) is 17.3. The summed E-state index contributed by atoms with van der Waals surface area (Å²) >= 11 is 0. The summed E-state index contributed by atoms with van der Waals surface area (Å²) in [5, 5.41) is 2.68. The molecule has 0 aliphatic carbocycles. The largest absolute Gasteiger partial charge is 0.353 e. The number of nitrogens with one attached hydrogen (secondary N) is 1. The Morgan fingerprint density at radius 1 is 1.60 bits per heavy atom. The van der Waals surface area contributed by atoms with Crippen LogP contribution in [0.1, 0.15) is 0 Å². The van der Waals surface area contributed by atoms with E-state index in [-0.39, 0.29) is 18.4 Å². The molecule has 0 aromatic carbocycles. The van der Waals surface area contributed by atoms with Crippen LogP contribution < -0.4 is 5.32 Å². The molecule has 0 aromatic rings. The Bertz CT molecular complexity index is 274. The minimum absolute atomic E-state index is 0.0874. The average Bonchev–Trinajstić information content (AvgIpc) is 2.17. The second-order valence-electron chi connectivity index (χ2n) is 3.77. The molecule has 84 valence electrons. The highest BCUT2D eigenvalue weighted by molar-refractivity contribution is 5.92. The Morgan fingerprint density at radius 2 is 2.33 bits per heavy atom. The molecule has 1 fully saturated rings. The summed E-state index contributed by atoms with van der Waals surface area (Å²) in [5.41, 5.74) is 0. The van der Waals surface area contributed by atoms with E-state index in [2.05, 4.69) is 5.32 Å². The zero-order chi connectivity index (χ0) is 11.3. The lowest BCUT2D eigenvalue weighted by Gasteiger charge is -2.25. The van der Waals surface area contributed by atoms with E-state index in [0.29, 0.717) is 13.1 Å². The highest BCUT2D eigenvalue weighted by Crippen LogP contribution is 1.95. The van der Waals surface area contributed by atoms with Gasteiger partial charge < -0.3 is 15.1 Å². The predicted molar refractivity (Wildman–Crippen MR) is 57.3 cm³/mol. The van der Waals surface area contributed by atoms with Crippen molar-refractivity contribution < 1.29 is 9.59 Å². The number of piperazine rings is 1. The number of amides is 2. The molecule has 1 N–H and O–H groups in total. The van der Waals surface area contributed by atoms with Crippen molar-refractivity contribution in [1.82, 2.24) is 15.1 Å². The molecule has 0 atom stereocenters. The number of hydrogen-bond donors (Lipinski definition) is 1. The number of nitrogens with zero attached hydrogens (tertiary/aromatic N) is 2. The van der Waals surface area contributed by atoms with Gasteiger partial charge in [0.15, 0.2) is 0 Å². The van der Waals surface area contributed by atoms with E-state index in [1.807, 2.05) is 19.0 Å². The van der Waals surface area contributed by atoms with Crippen LogP contribution in [0.4, 0.5) is 0 Å². The van der Waals surface area contributed by atoms with Crippen LogP contribution >= 0.6 is 0 Å². The Hall–Kier alpha value is -1.36. The second-order valence-corrected chi connectivity index (χ2v) is 3.77. The molecule has 0 spiro atoms. The van der Waals surface area contributed by atoms with E-state index >= 15 is 0 Å². The first-order valence-electron chi connectivity index (χ1n) is 4.96. The van der Waals surface area contributed by atoms with Crippen molar-refractivity contribution in [2.75, 3.05) is 40.3 Å². The minimum atomic E-state index is -0.0910. The SMILES string of the molecule is CN(C)C/C=C/C(=O)N1CCNC(=O)C1. The van der Waals surface area contributed by atoms with Gasteiger partial charge in [0.1, 0.15) is 0 Å². The van der Waals surface area contributed by atoms with Gasteiger partial charge in [0, 0.05) is 25.7 Å². The highest BCUT2D eigenvalue weighted by atomic mass is 16.2. The van der Waals surface area contributed by atoms with E-state index in [1.165, 1.54) is 6.08 Å². The zero-order valence-corrected chi connectivity index (χ0v) is 9.19. The average molecular weight is 211 g/mol. The molecular weight excluding hydrogens is 194 g/mol. The van der Waals surface area contributed by atoms with Gasteiger partial charge >= 0.3 is 0 Å². The van der Waals surface area contributed by atoms with E-state index in [4.69, 9.17) is 0 Å². The smallest absolute Gasteiger partial charge is 0.246 e. The quantitative estimate of drug-likeness (QED) is 0.613. The van der Waals surface area contributed by atoms with E-state index in [1.54, 1.807) is 11.0 Å². The van der Waals surface area contributed by atoms with E-state index in [9.17, 15) is 9.59 Å². The number of likely N-dealkylation sites (N-methyl/N-ethyl adjacent to an activating group) is 1. The summed E-state index contributed by atoms with van der Waals surface area (Å²) in [5.74, 6) is -0.178. The maximum atomic E-state index is 11.6. The Labute approximate surface area is 89.7 Å². The molecule has 1 saturated heterocycles. The maximum absolute atomic E-state index is 11.6. The van der Waals surface area contributed by atoms with Gasteiger partial charge in [-0.3, -0.25) is 9.59 Å². The molecule has 5 heteroatoms. The summed E-state index contributed by atoms with van der Waals surface area (Å²) in [6, 6.07) is 0. The lowest BCUT2D eigenvalue weighted by molar-refractivity contribution is -0.134. The minimum Gasteiger partial charge on any atom is -0.353 e. The molecule has 1 heterocycles. The summed E-state index contributed by atoms with van der Waals surface area (Å²) < 4.78 is 0. The van der Waals surface area contributed by atoms with Gasteiger partial charge in [0.2, 0.25) is 11.8 Å². The number of rotatable bonds is 3. The van der Waals surface area contributed by atoms with Gasteiger partial charge in [0.25, 0.3) is 0 Å². The first-order chi connectivity index (χ1) is 7.09. The van der Waals surface area contributed by atoms with E-state index in [0.717, 1.165) is 6.54 Å². The fourth-order valence-corrected chi connectivity index (χ4v) is 1.30. The fraction of sp³-hybridized carbons (Fsp3) is 0.600. The van der Waals surface area contributed by atoms with Gasteiger partial charge in [0.05, 0.1) is 6.54 Å². The van der Waals surface area contributed by atoms with Crippen LogP contribution in [-0.4, -0.2) is 61.9 Å². The standard InChI is InChI=1S/C10H17N3O2/c1-12(2)6-3-4-10(15)13-7-5-11-9(14)8-13/h3-4H,5-8H2,1-2H3,(H,11,14)/b4-3+. The van der Waals surface area contributed by atoms with Gasteiger partial charge in [-0.25, -0.2) is 0 Å². The third kappa shape index (κ3) is 4.12. The molecule has 1 aliphatic heterocycles. The predicted octanol–water partition coefficient (Wildman–Crippen LogP) is -0.937. The van der Waals surface area contributed by atoms with Crippen molar-refractivity contribution in [3.05, 3.63) is 12.2 Å². The van der Waals surface area contributed by atoms with Crippen LogP contribution in [0.15, 0.2) is 12.2 Å². The van der Waals surface area contributed by atoms with Crippen molar-refractivity contribution in [3.8, 4) is 0 Å². The number of hydrogen-bond acceptors (Lipinski definition) is 3. The zero-order valence-electron chi connectivity index (χ0n) is 9.19. The second kappa shape index (κ2) is 5.50. The maximum Gasteiger partial charge on any atom is 0.246 e. The van der Waals surface area contributed by atoms with Gasteiger partial charge in [-0.15, -0.1) is 0 Å². The van der Waals surface area contributed by atoms with E-state index < -0.39 is 0 Å². The Kier molecular flexibility index (Phi) is 4.30. The third-order valence-electron chi connectivity index (χ3n) is 2.08. The Balaban J connectivity index is 2.39. The van der Waals surface area contributed by atoms with Crippen molar-refractivity contribution in [1.29, 1.82) is 0 Å². The fourth-order valence-electron chi connectivity index (χ4n) is 1.30.